The minimum absolute atomic E-state index is 0.00493. The molecule has 140 valence electrons. The van der Waals surface area contributed by atoms with E-state index < -0.39 is 21.7 Å². The summed E-state index contributed by atoms with van der Waals surface area (Å²) in [5, 5.41) is 5.21. The fourth-order valence-electron chi connectivity index (χ4n) is 2.65. The first-order valence-electron chi connectivity index (χ1n) is 8.04. The minimum Gasteiger partial charge on any atom is -0.326 e. The highest BCUT2D eigenvalue weighted by atomic mass is 35.5. The highest BCUT2D eigenvalue weighted by Gasteiger charge is 2.26. The van der Waals surface area contributed by atoms with Crippen molar-refractivity contribution in [2.45, 2.75) is 17.7 Å². The molecule has 2 N–H and O–H groups in total. The van der Waals surface area contributed by atoms with E-state index in [-0.39, 0.29) is 40.5 Å². The number of hydrogen-bond acceptors (Lipinski definition) is 5. The van der Waals surface area contributed by atoms with Crippen molar-refractivity contribution in [1.29, 1.82) is 0 Å². The second-order valence-electron chi connectivity index (χ2n) is 5.97. The Labute approximate surface area is 160 Å². The molecule has 3 amide bonds. The Bertz CT molecular complexity index is 1030. The molecule has 7 nitrogen and oxygen atoms in total. The van der Waals surface area contributed by atoms with E-state index in [2.05, 4.69) is 10.6 Å². The molecular formula is C18H15ClN2O5S. The normalized spacial score (nSPS) is 13.2. The number of hydrogen-bond donors (Lipinski definition) is 2. The van der Waals surface area contributed by atoms with Crippen molar-refractivity contribution >= 4 is 44.8 Å². The predicted molar refractivity (Wildman–Crippen MR) is 99.6 cm³/mol. The Morgan fingerprint density at radius 2 is 1.67 bits per heavy atom. The van der Waals surface area contributed by atoms with Crippen LogP contribution in [0.2, 0.25) is 5.02 Å². The number of amides is 3. The van der Waals surface area contributed by atoms with Crippen LogP contribution in [0.3, 0.4) is 0 Å². The lowest BCUT2D eigenvalue weighted by molar-refractivity contribution is -0.116. The van der Waals surface area contributed by atoms with Gasteiger partial charge in [-0.2, -0.15) is 0 Å². The molecule has 0 aromatic heterocycles. The van der Waals surface area contributed by atoms with Crippen LogP contribution in [0.25, 0.3) is 0 Å². The summed E-state index contributed by atoms with van der Waals surface area (Å²) in [6.07, 6.45) is 0.135. The molecule has 0 fully saturated rings. The lowest BCUT2D eigenvalue weighted by atomic mass is 10.1. The van der Waals surface area contributed by atoms with Crippen molar-refractivity contribution in [3.63, 3.8) is 0 Å². The third kappa shape index (κ3) is 4.35. The maximum absolute atomic E-state index is 12.2. The van der Waals surface area contributed by atoms with Crippen LogP contribution < -0.4 is 10.6 Å². The zero-order chi connectivity index (χ0) is 19.6. The van der Waals surface area contributed by atoms with Gasteiger partial charge in [0.1, 0.15) is 0 Å². The third-order valence-corrected chi connectivity index (χ3v) is 6.08. The second-order valence-corrected chi connectivity index (χ2v) is 8.51. The zero-order valence-electron chi connectivity index (χ0n) is 14.0. The van der Waals surface area contributed by atoms with E-state index in [1.165, 1.54) is 42.5 Å². The number of fused-ring (bicyclic) bond motifs is 1. The summed E-state index contributed by atoms with van der Waals surface area (Å²) in [6, 6.07) is 10.2. The number of benzene rings is 2. The summed E-state index contributed by atoms with van der Waals surface area (Å²) in [5.41, 5.74) is 0.819. The highest BCUT2D eigenvalue weighted by Crippen LogP contribution is 2.21. The smallest absolute Gasteiger partial charge is 0.259 e. The number of carbonyl (C=O) groups excluding carboxylic acids is 3. The number of sulfone groups is 1. The summed E-state index contributed by atoms with van der Waals surface area (Å²) in [6.45, 7) is 0. The largest absolute Gasteiger partial charge is 0.326 e. The number of anilines is 1. The van der Waals surface area contributed by atoms with Crippen molar-refractivity contribution in [1.82, 2.24) is 5.32 Å². The molecule has 9 heteroatoms. The summed E-state index contributed by atoms with van der Waals surface area (Å²) >= 11 is 5.75. The van der Waals surface area contributed by atoms with Crippen molar-refractivity contribution in [3.05, 3.63) is 58.6 Å². The Morgan fingerprint density at radius 3 is 2.37 bits per heavy atom. The molecule has 0 radical (unpaired) electrons. The van der Waals surface area contributed by atoms with E-state index in [0.29, 0.717) is 10.7 Å². The molecule has 0 bridgehead atoms. The summed E-state index contributed by atoms with van der Waals surface area (Å²) in [5.74, 6) is -1.55. The average Bonchev–Trinajstić information content (AvgIpc) is 2.89. The van der Waals surface area contributed by atoms with E-state index in [1.54, 1.807) is 0 Å². The van der Waals surface area contributed by atoms with Crippen molar-refractivity contribution in [2.75, 3.05) is 11.1 Å². The third-order valence-electron chi connectivity index (χ3n) is 4.01. The fraction of sp³-hybridized carbons (Fsp3) is 0.167. The topological polar surface area (TPSA) is 109 Å². The number of rotatable bonds is 6. The van der Waals surface area contributed by atoms with Crippen LogP contribution in [-0.2, 0) is 14.6 Å². The Balaban J connectivity index is 1.56. The molecule has 0 aliphatic carbocycles. The first-order valence-corrected chi connectivity index (χ1v) is 10.1. The van der Waals surface area contributed by atoms with Crippen LogP contribution in [0.15, 0.2) is 47.4 Å². The molecule has 2 aromatic rings. The van der Waals surface area contributed by atoms with Gasteiger partial charge in [0.05, 0.1) is 21.8 Å². The molecule has 3 rings (SSSR count). The van der Waals surface area contributed by atoms with Gasteiger partial charge in [-0.05, 0) is 48.9 Å². The maximum Gasteiger partial charge on any atom is 0.259 e. The summed E-state index contributed by atoms with van der Waals surface area (Å²) < 4.78 is 24.5. The second kappa shape index (κ2) is 7.50. The molecule has 27 heavy (non-hydrogen) atoms. The molecule has 0 atom stereocenters. The van der Waals surface area contributed by atoms with Crippen molar-refractivity contribution in [3.8, 4) is 0 Å². The van der Waals surface area contributed by atoms with Crippen molar-refractivity contribution < 1.29 is 22.8 Å². The van der Waals surface area contributed by atoms with E-state index >= 15 is 0 Å². The maximum atomic E-state index is 12.2. The standard InChI is InChI=1S/C18H15ClN2O5S/c19-11-3-6-13(7-4-11)27(25,26)9-1-2-16(22)20-12-5-8-14-15(10-12)18(24)21-17(14)23/h3-8,10H,1-2,9H2,(H,20,22)(H,21,23,24). The molecule has 1 heterocycles. The van der Waals surface area contributed by atoms with Gasteiger partial charge < -0.3 is 5.32 Å². The minimum atomic E-state index is -3.50. The van der Waals surface area contributed by atoms with Crippen LogP contribution in [0, 0.1) is 0 Å². The van der Waals surface area contributed by atoms with Gasteiger partial charge in [-0.1, -0.05) is 11.6 Å². The van der Waals surface area contributed by atoms with Crippen LogP contribution in [0.1, 0.15) is 33.6 Å². The Kier molecular flexibility index (Phi) is 5.29. The lowest BCUT2D eigenvalue weighted by Gasteiger charge is -2.07. The molecular weight excluding hydrogens is 392 g/mol. The molecule has 1 aliphatic heterocycles. The van der Waals surface area contributed by atoms with Gasteiger partial charge in [-0.3, -0.25) is 19.7 Å². The highest BCUT2D eigenvalue weighted by molar-refractivity contribution is 7.91. The molecule has 0 unspecified atom stereocenters. The van der Waals surface area contributed by atoms with Crippen LogP contribution >= 0.6 is 11.6 Å². The summed E-state index contributed by atoms with van der Waals surface area (Å²) in [4.78, 5) is 35.3. The van der Waals surface area contributed by atoms with Gasteiger partial charge in [-0.25, -0.2) is 8.42 Å². The van der Waals surface area contributed by atoms with E-state index in [1.807, 2.05) is 0 Å². The van der Waals surface area contributed by atoms with E-state index in [4.69, 9.17) is 11.6 Å². The van der Waals surface area contributed by atoms with Crippen molar-refractivity contribution in [2.24, 2.45) is 0 Å². The Hall–Kier alpha value is -2.71. The van der Waals surface area contributed by atoms with Crippen LogP contribution in [-0.4, -0.2) is 31.9 Å². The zero-order valence-corrected chi connectivity index (χ0v) is 15.6. The number of halogens is 1. The number of carbonyl (C=O) groups is 3. The van der Waals surface area contributed by atoms with Gasteiger partial charge in [-0.15, -0.1) is 0 Å². The molecule has 1 aliphatic rings. The van der Waals surface area contributed by atoms with Gasteiger partial charge in [0.2, 0.25) is 5.91 Å². The lowest BCUT2D eigenvalue weighted by Crippen LogP contribution is -2.19. The van der Waals surface area contributed by atoms with Gasteiger partial charge >= 0.3 is 0 Å². The fourth-order valence-corrected chi connectivity index (χ4v) is 4.09. The monoisotopic (exact) mass is 406 g/mol. The quantitative estimate of drug-likeness (QED) is 0.716. The molecule has 0 spiro atoms. The van der Waals surface area contributed by atoms with Crippen LogP contribution in [0.5, 0.6) is 0 Å². The molecule has 0 saturated carbocycles. The Morgan fingerprint density at radius 1 is 1.00 bits per heavy atom. The van der Waals surface area contributed by atoms with Gasteiger partial charge in [0, 0.05) is 17.1 Å². The van der Waals surface area contributed by atoms with E-state index in [0.717, 1.165) is 0 Å². The molecule has 2 aromatic carbocycles. The average molecular weight is 407 g/mol. The first kappa shape index (κ1) is 19.1. The van der Waals surface area contributed by atoms with Gasteiger partial charge in [0.15, 0.2) is 9.84 Å². The summed E-state index contributed by atoms with van der Waals surface area (Å²) in [7, 11) is -3.50. The predicted octanol–water partition coefficient (Wildman–Crippen LogP) is 2.42. The van der Waals surface area contributed by atoms with Crippen LogP contribution in [0.4, 0.5) is 5.69 Å². The first-order chi connectivity index (χ1) is 12.8. The number of nitrogens with one attached hydrogen (secondary N) is 2. The SMILES string of the molecule is O=C(CCCS(=O)(=O)c1ccc(Cl)cc1)Nc1ccc2c(c1)C(=O)NC2=O. The van der Waals surface area contributed by atoms with Gasteiger partial charge in [0.25, 0.3) is 11.8 Å². The van der Waals surface area contributed by atoms with E-state index in [9.17, 15) is 22.8 Å². The molecule has 0 saturated heterocycles. The number of imide groups is 1.